The van der Waals surface area contributed by atoms with Gasteiger partial charge in [-0.25, -0.2) is 9.59 Å². The first-order valence-corrected chi connectivity index (χ1v) is 10.4. The van der Waals surface area contributed by atoms with Crippen molar-refractivity contribution in [1.29, 1.82) is 0 Å². The van der Waals surface area contributed by atoms with E-state index < -0.39 is 29.1 Å². The first-order valence-electron chi connectivity index (χ1n) is 9.61. The summed E-state index contributed by atoms with van der Waals surface area (Å²) in [4.78, 5) is 49.1. The van der Waals surface area contributed by atoms with E-state index in [1.807, 2.05) is 0 Å². The predicted octanol–water partition coefficient (Wildman–Crippen LogP) is 3.25. The van der Waals surface area contributed by atoms with Crippen molar-refractivity contribution in [2.75, 3.05) is 21.3 Å². The third kappa shape index (κ3) is 5.20. The number of ether oxygens (including phenoxy) is 4. The van der Waals surface area contributed by atoms with Crippen LogP contribution in [0.3, 0.4) is 0 Å². The molecule has 1 saturated heterocycles. The van der Waals surface area contributed by atoms with Crippen molar-refractivity contribution in [2.45, 2.75) is 19.6 Å². The Hall–Kier alpha value is -3.73. The Morgan fingerprint density at radius 3 is 2.52 bits per heavy atom. The molecule has 0 radical (unpaired) electrons. The number of imide groups is 1. The van der Waals surface area contributed by atoms with E-state index in [-0.39, 0.29) is 17.3 Å². The van der Waals surface area contributed by atoms with Crippen LogP contribution in [0.5, 0.6) is 11.5 Å². The molecule has 2 amide bonds. The van der Waals surface area contributed by atoms with Gasteiger partial charge in [0.15, 0.2) is 11.5 Å². The molecule has 1 aliphatic heterocycles. The van der Waals surface area contributed by atoms with Crippen molar-refractivity contribution in [3.63, 3.8) is 0 Å². The highest BCUT2D eigenvalue weighted by molar-refractivity contribution is 8.18. The van der Waals surface area contributed by atoms with Gasteiger partial charge in [-0.3, -0.25) is 14.5 Å². The zero-order chi connectivity index (χ0) is 24.1. The summed E-state index contributed by atoms with van der Waals surface area (Å²) in [5, 5.41) is -0.555. The van der Waals surface area contributed by atoms with Crippen LogP contribution in [-0.2, 0) is 25.7 Å². The Labute approximate surface area is 193 Å². The minimum Gasteiger partial charge on any atom is -0.493 e. The number of carbonyl (C=O) groups excluding carboxylic acids is 4. The Morgan fingerprint density at radius 2 is 1.85 bits per heavy atom. The van der Waals surface area contributed by atoms with Gasteiger partial charge in [0.1, 0.15) is 18.4 Å². The number of esters is 2. The maximum atomic E-state index is 12.6. The lowest BCUT2D eigenvalue weighted by molar-refractivity contribution is -0.148. The van der Waals surface area contributed by atoms with Gasteiger partial charge in [-0.1, -0.05) is 6.07 Å². The van der Waals surface area contributed by atoms with Crippen LogP contribution in [0.15, 0.2) is 39.7 Å². The van der Waals surface area contributed by atoms with Crippen LogP contribution < -0.4 is 9.47 Å². The molecule has 0 aliphatic carbocycles. The van der Waals surface area contributed by atoms with E-state index in [0.717, 1.165) is 16.7 Å². The maximum absolute atomic E-state index is 12.6. The van der Waals surface area contributed by atoms with E-state index in [0.29, 0.717) is 22.8 Å². The molecule has 3 rings (SSSR count). The number of furan rings is 1. The van der Waals surface area contributed by atoms with Gasteiger partial charge >= 0.3 is 11.9 Å². The molecule has 10 nitrogen and oxygen atoms in total. The highest BCUT2D eigenvalue weighted by Gasteiger charge is 2.41. The third-order valence-electron chi connectivity index (χ3n) is 4.66. The second-order valence-electron chi connectivity index (χ2n) is 6.71. The average molecular weight is 475 g/mol. The Kier molecular flexibility index (Phi) is 7.44. The molecule has 1 unspecified atom stereocenters. The lowest BCUT2D eigenvalue weighted by Gasteiger charge is -2.18. The van der Waals surface area contributed by atoms with Gasteiger partial charge in [0.2, 0.25) is 5.76 Å². The summed E-state index contributed by atoms with van der Waals surface area (Å²) in [6, 6.07) is 7.00. The first-order chi connectivity index (χ1) is 15.8. The SMILES string of the molecule is COC(=O)c1ccc(COc2ccc(/C=C3\SC(=O)N(C(C)C(=O)OC)C3=O)cc2OC)o1. The number of thioether (sulfide) groups is 1. The van der Waals surface area contributed by atoms with Crippen LogP contribution in [0.4, 0.5) is 4.79 Å². The minimum absolute atomic E-state index is 0.0387. The summed E-state index contributed by atoms with van der Waals surface area (Å²) in [7, 11) is 3.90. The summed E-state index contributed by atoms with van der Waals surface area (Å²) in [5.41, 5.74) is 0.585. The number of methoxy groups -OCH3 is 3. The molecule has 33 heavy (non-hydrogen) atoms. The maximum Gasteiger partial charge on any atom is 0.373 e. The molecule has 2 heterocycles. The smallest absolute Gasteiger partial charge is 0.373 e. The van der Waals surface area contributed by atoms with E-state index in [1.165, 1.54) is 40.4 Å². The lowest BCUT2D eigenvalue weighted by Crippen LogP contribution is -2.42. The monoisotopic (exact) mass is 475 g/mol. The van der Waals surface area contributed by atoms with E-state index in [9.17, 15) is 19.2 Å². The van der Waals surface area contributed by atoms with Gasteiger partial charge < -0.3 is 23.4 Å². The molecule has 11 heteroatoms. The molecule has 1 atom stereocenters. The average Bonchev–Trinajstić information content (AvgIpc) is 3.40. The number of hydrogen-bond donors (Lipinski definition) is 0. The van der Waals surface area contributed by atoms with Crippen LogP contribution in [-0.4, -0.2) is 55.4 Å². The number of rotatable bonds is 8. The molecule has 0 N–H and O–H groups in total. The van der Waals surface area contributed by atoms with Crippen molar-refractivity contribution < 1.29 is 42.5 Å². The van der Waals surface area contributed by atoms with Crippen LogP contribution in [0, 0.1) is 0 Å². The molecular weight excluding hydrogens is 454 g/mol. The highest BCUT2D eigenvalue weighted by atomic mass is 32.2. The fraction of sp³-hybridized carbons (Fsp3) is 0.273. The molecule has 0 bridgehead atoms. The minimum atomic E-state index is -1.03. The molecule has 2 aromatic rings. The Bertz CT molecular complexity index is 1120. The lowest BCUT2D eigenvalue weighted by atomic mass is 10.1. The van der Waals surface area contributed by atoms with Crippen LogP contribution >= 0.6 is 11.8 Å². The molecule has 174 valence electrons. The number of hydrogen-bond acceptors (Lipinski definition) is 10. The van der Waals surface area contributed by atoms with Crippen molar-refractivity contribution in [2.24, 2.45) is 0 Å². The standard InChI is InChI=1S/C22H21NO9S/c1-12(20(25)29-3)23-19(24)18(33-22(23)27)10-13-5-7-15(17(9-13)28-2)31-11-14-6-8-16(32-14)21(26)30-4/h5-10,12H,11H2,1-4H3/b18-10-. The zero-order valence-corrected chi connectivity index (χ0v) is 19.1. The molecular formula is C22H21NO9S. The topological polar surface area (TPSA) is 122 Å². The van der Waals surface area contributed by atoms with Crippen LogP contribution in [0.25, 0.3) is 6.08 Å². The van der Waals surface area contributed by atoms with Gasteiger partial charge in [-0.2, -0.15) is 0 Å². The second-order valence-corrected chi connectivity index (χ2v) is 7.70. The molecule has 1 fully saturated rings. The Balaban J connectivity index is 1.74. The molecule has 1 aromatic carbocycles. The van der Waals surface area contributed by atoms with Gasteiger partial charge in [-0.05, 0) is 54.6 Å². The quantitative estimate of drug-likeness (QED) is 0.415. The molecule has 1 aliphatic rings. The van der Waals surface area contributed by atoms with Gasteiger partial charge in [-0.15, -0.1) is 0 Å². The fourth-order valence-electron chi connectivity index (χ4n) is 2.95. The largest absolute Gasteiger partial charge is 0.493 e. The summed E-state index contributed by atoms with van der Waals surface area (Å²) < 4.78 is 25.7. The van der Waals surface area contributed by atoms with Crippen LogP contribution in [0.2, 0.25) is 0 Å². The van der Waals surface area contributed by atoms with E-state index in [2.05, 4.69) is 9.47 Å². The predicted molar refractivity (Wildman–Crippen MR) is 117 cm³/mol. The molecule has 0 saturated carbocycles. The van der Waals surface area contributed by atoms with E-state index in [1.54, 1.807) is 24.3 Å². The van der Waals surface area contributed by atoms with E-state index >= 15 is 0 Å². The summed E-state index contributed by atoms with van der Waals surface area (Å²) in [6.45, 7) is 1.46. The number of nitrogens with zero attached hydrogens (tertiary/aromatic N) is 1. The number of amides is 2. The number of carbonyl (C=O) groups is 4. The van der Waals surface area contributed by atoms with Crippen molar-refractivity contribution in [3.8, 4) is 11.5 Å². The van der Waals surface area contributed by atoms with E-state index in [4.69, 9.17) is 13.9 Å². The highest BCUT2D eigenvalue weighted by Crippen LogP contribution is 2.35. The Morgan fingerprint density at radius 1 is 1.09 bits per heavy atom. The van der Waals surface area contributed by atoms with Gasteiger partial charge in [0.25, 0.3) is 11.1 Å². The van der Waals surface area contributed by atoms with Gasteiger partial charge in [0, 0.05) is 0 Å². The first kappa shape index (κ1) is 23.9. The molecule has 0 spiro atoms. The summed E-state index contributed by atoms with van der Waals surface area (Å²) >= 11 is 0.733. The summed E-state index contributed by atoms with van der Waals surface area (Å²) in [5.74, 6) is -0.598. The second kappa shape index (κ2) is 10.3. The van der Waals surface area contributed by atoms with Gasteiger partial charge in [0.05, 0.1) is 26.2 Å². The summed E-state index contributed by atoms with van der Waals surface area (Å²) in [6.07, 6.45) is 1.52. The number of benzene rings is 1. The van der Waals surface area contributed by atoms with Crippen molar-refractivity contribution in [1.82, 2.24) is 4.90 Å². The van der Waals surface area contributed by atoms with Crippen molar-refractivity contribution in [3.05, 3.63) is 52.3 Å². The molecule has 1 aromatic heterocycles. The zero-order valence-electron chi connectivity index (χ0n) is 18.3. The third-order valence-corrected chi connectivity index (χ3v) is 5.54. The normalized spacial score (nSPS) is 15.5. The fourth-order valence-corrected chi connectivity index (χ4v) is 3.86. The van der Waals surface area contributed by atoms with Crippen molar-refractivity contribution >= 4 is 40.9 Å². The van der Waals surface area contributed by atoms with Crippen LogP contribution in [0.1, 0.15) is 28.8 Å².